The van der Waals surface area contributed by atoms with Gasteiger partial charge in [-0.3, -0.25) is 14.0 Å². The zero-order valence-corrected chi connectivity index (χ0v) is 13.0. The Labute approximate surface area is 127 Å². The van der Waals surface area contributed by atoms with Gasteiger partial charge in [-0.1, -0.05) is 6.07 Å². The third-order valence-corrected chi connectivity index (χ3v) is 3.77. The molecule has 1 N–H and O–H groups in total. The lowest BCUT2D eigenvalue weighted by molar-refractivity contribution is 0.200. The van der Waals surface area contributed by atoms with E-state index in [1.54, 1.807) is 24.9 Å². The summed E-state index contributed by atoms with van der Waals surface area (Å²) in [6.45, 7) is 3.58. The Morgan fingerprint density at radius 2 is 2.00 bits per heavy atom. The van der Waals surface area contributed by atoms with Crippen molar-refractivity contribution in [1.82, 2.24) is 19.3 Å². The molecule has 3 rings (SSSR count). The molecule has 0 spiro atoms. The minimum Gasteiger partial charge on any atom is -0.389 e. The Morgan fingerprint density at radius 3 is 2.59 bits per heavy atom. The second-order valence-corrected chi connectivity index (χ2v) is 5.63. The van der Waals surface area contributed by atoms with Crippen LogP contribution < -0.4 is 5.56 Å². The average molecular weight is 298 g/mol. The number of aromatic nitrogens is 4. The first kappa shape index (κ1) is 14.5. The molecule has 22 heavy (non-hydrogen) atoms. The van der Waals surface area contributed by atoms with Gasteiger partial charge in [-0.05, 0) is 25.5 Å². The van der Waals surface area contributed by atoms with E-state index in [9.17, 15) is 9.90 Å². The summed E-state index contributed by atoms with van der Waals surface area (Å²) in [7, 11) is 3.51. The maximum Gasteiger partial charge on any atom is 0.261 e. The maximum absolute atomic E-state index is 12.7. The largest absolute Gasteiger partial charge is 0.389 e. The first-order valence-corrected chi connectivity index (χ1v) is 7.07. The fourth-order valence-corrected chi connectivity index (χ4v) is 2.67. The second-order valence-electron chi connectivity index (χ2n) is 5.63. The van der Waals surface area contributed by atoms with E-state index in [0.717, 1.165) is 11.1 Å². The average Bonchev–Trinajstić information content (AvgIpc) is 2.88. The van der Waals surface area contributed by atoms with E-state index in [0.29, 0.717) is 22.3 Å². The first-order chi connectivity index (χ1) is 10.4. The van der Waals surface area contributed by atoms with Crippen molar-refractivity contribution in [3.63, 3.8) is 0 Å². The molecule has 0 saturated heterocycles. The number of aliphatic hydroxyl groups is 1. The van der Waals surface area contributed by atoms with E-state index in [4.69, 9.17) is 0 Å². The fraction of sp³-hybridized carbons (Fsp3) is 0.312. The van der Waals surface area contributed by atoms with E-state index < -0.39 is 6.10 Å². The molecule has 1 atom stereocenters. The van der Waals surface area contributed by atoms with Gasteiger partial charge >= 0.3 is 0 Å². The van der Waals surface area contributed by atoms with Crippen LogP contribution in [0.1, 0.15) is 24.2 Å². The lowest BCUT2D eigenvalue weighted by Crippen LogP contribution is -2.21. The zero-order chi connectivity index (χ0) is 16.0. The van der Waals surface area contributed by atoms with Crippen LogP contribution in [-0.4, -0.2) is 24.4 Å². The van der Waals surface area contributed by atoms with E-state index in [-0.39, 0.29) is 5.56 Å². The number of hydrogen-bond acceptors (Lipinski definition) is 4. The van der Waals surface area contributed by atoms with Gasteiger partial charge in [0.1, 0.15) is 5.82 Å². The van der Waals surface area contributed by atoms with Crippen LogP contribution in [0.3, 0.4) is 0 Å². The lowest BCUT2D eigenvalue weighted by atomic mass is 10.0. The van der Waals surface area contributed by atoms with Gasteiger partial charge < -0.3 is 5.11 Å². The van der Waals surface area contributed by atoms with Crippen LogP contribution in [-0.2, 0) is 14.1 Å². The van der Waals surface area contributed by atoms with Gasteiger partial charge in [-0.15, -0.1) is 0 Å². The second kappa shape index (κ2) is 5.06. The summed E-state index contributed by atoms with van der Waals surface area (Å²) < 4.78 is 3.18. The molecule has 0 radical (unpaired) electrons. The number of hydrogen-bond donors (Lipinski definition) is 1. The molecular formula is C16H18N4O2. The Morgan fingerprint density at radius 1 is 1.27 bits per heavy atom. The molecule has 0 amide bonds. The van der Waals surface area contributed by atoms with E-state index in [1.165, 1.54) is 4.57 Å². The minimum atomic E-state index is -0.691. The molecular weight excluding hydrogens is 280 g/mol. The van der Waals surface area contributed by atoms with Gasteiger partial charge in [0.25, 0.3) is 5.56 Å². The third-order valence-electron chi connectivity index (χ3n) is 3.77. The van der Waals surface area contributed by atoms with Crippen molar-refractivity contribution in [2.75, 3.05) is 0 Å². The first-order valence-electron chi connectivity index (χ1n) is 7.07. The molecule has 0 aliphatic rings. The summed E-state index contributed by atoms with van der Waals surface area (Å²) in [6, 6.07) is 3.68. The summed E-state index contributed by atoms with van der Waals surface area (Å²) in [5.41, 5.74) is 2.77. The molecule has 6 nitrogen and oxygen atoms in total. The smallest absolute Gasteiger partial charge is 0.261 e. The summed E-state index contributed by atoms with van der Waals surface area (Å²) >= 11 is 0. The molecule has 3 aromatic rings. The molecule has 0 fully saturated rings. The standard InChI is InChI=1S/C16H18N4O2/c1-9-5-12(10(2)21)14-13(6-9)16(22)20(4)15(18-14)11-7-17-19(3)8-11/h5-8,10,21H,1-4H3. The topological polar surface area (TPSA) is 72.9 Å². The van der Waals surface area contributed by atoms with E-state index in [1.807, 2.05) is 32.3 Å². The molecule has 2 aromatic heterocycles. The highest BCUT2D eigenvalue weighted by atomic mass is 16.3. The van der Waals surface area contributed by atoms with Crippen molar-refractivity contribution >= 4 is 10.9 Å². The number of aryl methyl sites for hydroxylation is 2. The van der Waals surface area contributed by atoms with Crippen molar-refractivity contribution in [2.24, 2.45) is 14.1 Å². The van der Waals surface area contributed by atoms with Crippen molar-refractivity contribution in [1.29, 1.82) is 0 Å². The Bertz CT molecular complexity index is 922. The normalized spacial score (nSPS) is 12.8. The van der Waals surface area contributed by atoms with Crippen LogP contribution >= 0.6 is 0 Å². The molecule has 1 aromatic carbocycles. The quantitative estimate of drug-likeness (QED) is 0.781. The predicted octanol–water partition coefficient (Wildman–Crippen LogP) is 1.70. The highest BCUT2D eigenvalue weighted by molar-refractivity contribution is 5.84. The highest BCUT2D eigenvalue weighted by Gasteiger charge is 2.16. The molecule has 1 unspecified atom stereocenters. The molecule has 0 saturated carbocycles. The lowest BCUT2D eigenvalue weighted by Gasteiger charge is -2.13. The number of fused-ring (bicyclic) bond motifs is 1. The van der Waals surface area contributed by atoms with E-state index >= 15 is 0 Å². The van der Waals surface area contributed by atoms with Crippen molar-refractivity contribution in [2.45, 2.75) is 20.0 Å². The fourth-order valence-electron chi connectivity index (χ4n) is 2.67. The van der Waals surface area contributed by atoms with Crippen LogP contribution in [0.4, 0.5) is 0 Å². The Balaban J connectivity index is 2.42. The third kappa shape index (κ3) is 2.21. The van der Waals surface area contributed by atoms with Gasteiger partial charge in [-0.2, -0.15) is 5.10 Å². The van der Waals surface area contributed by atoms with Crippen LogP contribution in [0.25, 0.3) is 22.3 Å². The van der Waals surface area contributed by atoms with Gasteiger partial charge in [0.2, 0.25) is 0 Å². The molecule has 114 valence electrons. The van der Waals surface area contributed by atoms with Crippen LogP contribution in [0.2, 0.25) is 0 Å². The summed E-state index contributed by atoms with van der Waals surface area (Å²) in [5.74, 6) is 0.538. The SMILES string of the molecule is Cc1cc(C(C)O)c2nc(-c3cnn(C)c3)n(C)c(=O)c2c1. The van der Waals surface area contributed by atoms with Crippen molar-refractivity contribution in [3.8, 4) is 11.4 Å². The molecule has 6 heteroatoms. The number of rotatable bonds is 2. The Hall–Kier alpha value is -2.47. The van der Waals surface area contributed by atoms with Gasteiger partial charge in [-0.25, -0.2) is 4.98 Å². The molecule has 2 heterocycles. The van der Waals surface area contributed by atoms with Crippen molar-refractivity contribution < 1.29 is 5.11 Å². The van der Waals surface area contributed by atoms with E-state index in [2.05, 4.69) is 10.1 Å². The zero-order valence-electron chi connectivity index (χ0n) is 13.0. The van der Waals surface area contributed by atoms with Crippen LogP contribution in [0.15, 0.2) is 29.3 Å². The summed E-state index contributed by atoms with van der Waals surface area (Å²) in [4.78, 5) is 17.3. The highest BCUT2D eigenvalue weighted by Crippen LogP contribution is 2.25. The molecule has 0 aliphatic heterocycles. The van der Waals surface area contributed by atoms with Crippen LogP contribution in [0.5, 0.6) is 0 Å². The van der Waals surface area contributed by atoms with Crippen LogP contribution in [0, 0.1) is 6.92 Å². The Kier molecular flexibility index (Phi) is 3.33. The number of benzene rings is 1. The molecule has 0 aliphatic carbocycles. The summed E-state index contributed by atoms with van der Waals surface area (Å²) in [6.07, 6.45) is 2.79. The maximum atomic E-state index is 12.7. The van der Waals surface area contributed by atoms with Gasteiger partial charge in [0, 0.05) is 25.9 Å². The minimum absolute atomic E-state index is 0.130. The molecule has 0 bridgehead atoms. The van der Waals surface area contributed by atoms with Crippen molar-refractivity contribution in [3.05, 3.63) is 46.0 Å². The monoisotopic (exact) mass is 298 g/mol. The predicted molar refractivity (Wildman–Crippen MR) is 84.6 cm³/mol. The summed E-state index contributed by atoms with van der Waals surface area (Å²) in [5, 5.41) is 14.7. The van der Waals surface area contributed by atoms with Gasteiger partial charge in [0.05, 0.1) is 28.8 Å². The van der Waals surface area contributed by atoms with Gasteiger partial charge in [0.15, 0.2) is 0 Å². The number of aliphatic hydroxyl groups excluding tert-OH is 1. The number of nitrogens with zero attached hydrogens (tertiary/aromatic N) is 4.